The lowest BCUT2D eigenvalue weighted by atomic mass is 9.67. The highest BCUT2D eigenvalue weighted by Crippen LogP contribution is 2.44. The van der Waals surface area contributed by atoms with Crippen LogP contribution in [0, 0.1) is 29.6 Å². The van der Waals surface area contributed by atoms with E-state index in [2.05, 4.69) is 38.8 Å². The van der Waals surface area contributed by atoms with Gasteiger partial charge in [-0.2, -0.15) is 0 Å². The molecule has 0 heterocycles. The molecule has 0 aromatic heterocycles. The second-order valence-corrected chi connectivity index (χ2v) is 9.32. The van der Waals surface area contributed by atoms with Crippen molar-refractivity contribution in [1.29, 1.82) is 0 Å². The average molecular weight is 436 g/mol. The minimum atomic E-state index is 0.857. The molecule has 0 N–H and O–H groups in total. The smallest absolute Gasteiger partial charge is 0.00703 e. The lowest BCUT2D eigenvalue weighted by Crippen LogP contribution is -2.29. The van der Waals surface area contributed by atoms with Crippen molar-refractivity contribution in [2.24, 2.45) is 29.6 Å². The van der Waals surface area contributed by atoms with Gasteiger partial charge in [0, 0.05) is 10.7 Å². The zero-order valence-electron chi connectivity index (χ0n) is 14.5. The van der Waals surface area contributed by atoms with Crippen LogP contribution in [0.4, 0.5) is 0 Å². The third-order valence-corrected chi connectivity index (χ3v) is 8.32. The van der Waals surface area contributed by atoms with E-state index in [0.717, 1.165) is 29.6 Å². The molecule has 2 heteroatoms. The molecule has 2 fully saturated rings. The van der Waals surface area contributed by atoms with Crippen molar-refractivity contribution < 1.29 is 0 Å². The number of hydrogen-bond acceptors (Lipinski definition) is 0. The van der Waals surface area contributed by atoms with Crippen LogP contribution in [0.1, 0.15) is 84.0 Å². The Morgan fingerprint density at radius 3 is 1.82 bits per heavy atom. The second-order valence-electron chi connectivity index (χ2n) is 8.02. The van der Waals surface area contributed by atoms with Gasteiger partial charge in [0.2, 0.25) is 0 Å². The summed E-state index contributed by atoms with van der Waals surface area (Å²) in [5, 5.41) is 2.35. The molecule has 2 saturated carbocycles. The Kier molecular flexibility index (Phi) is 9.42. The fourth-order valence-corrected chi connectivity index (χ4v) is 7.14. The summed E-state index contributed by atoms with van der Waals surface area (Å²) in [5.41, 5.74) is 0. The van der Waals surface area contributed by atoms with Crippen LogP contribution in [-0.2, 0) is 0 Å². The van der Waals surface area contributed by atoms with E-state index < -0.39 is 0 Å². The van der Waals surface area contributed by atoms with Crippen LogP contribution in [0.25, 0.3) is 0 Å². The lowest BCUT2D eigenvalue weighted by Gasteiger charge is -2.39. The van der Waals surface area contributed by atoms with Crippen LogP contribution in [0.3, 0.4) is 0 Å². The first-order valence-corrected chi connectivity index (χ1v) is 12.1. The van der Waals surface area contributed by atoms with E-state index in [1.165, 1.54) is 62.0 Å². The maximum atomic E-state index is 3.71. The fraction of sp³-hybridized carbons (Fsp3) is 1.00. The Morgan fingerprint density at radius 1 is 0.773 bits per heavy atom. The third-order valence-electron chi connectivity index (χ3n) is 6.65. The molecule has 2 rings (SSSR count). The minimum Gasteiger partial charge on any atom is -0.0925 e. The lowest BCUT2D eigenvalue weighted by molar-refractivity contribution is 0.131. The van der Waals surface area contributed by atoms with Gasteiger partial charge in [0.25, 0.3) is 0 Å². The van der Waals surface area contributed by atoms with Gasteiger partial charge in [0.15, 0.2) is 0 Å². The molecule has 0 aromatic carbocycles. The van der Waals surface area contributed by atoms with Crippen LogP contribution in [0.5, 0.6) is 0 Å². The van der Waals surface area contributed by atoms with E-state index in [-0.39, 0.29) is 0 Å². The number of rotatable bonds is 8. The van der Waals surface area contributed by atoms with E-state index in [4.69, 9.17) is 0 Å². The highest BCUT2D eigenvalue weighted by Gasteiger charge is 2.32. The predicted molar refractivity (Wildman–Crippen MR) is 106 cm³/mol. The molecule has 0 aromatic rings. The van der Waals surface area contributed by atoms with Crippen molar-refractivity contribution >= 4 is 31.9 Å². The Labute approximate surface area is 155 Å². The molecule has 0 saturated heterocycles. The quantitative estimate of drug-likeness (QED) is 0.272. The first-order chi connectivity index (χ1) is 10.8. The van der Waals surface area contributed by atoms with Crippen molar-refractivity contribution in [2.45, 2.75) is 84.0 Å². The fourth-order valence-electron chi connectivity index (χ4n) is 5.01. The molecule has 2 aliphatic rings. The first kappa shape index (κ1) is 19.3. The van der Waals surface area contributed by atoms with Crippen LogP contribution in [-0.4, -0.2) is 10.7 Å². The summed E-state index contributed by atoms with van der Waals surface area (Å²) in [6.07, 6.45) is 18.0. The Hall–Kier alpha value is 0.960. The Morgan fingerprint density at radius 2 is 1.32 bits per heavy atom. The van der Waals surface area contributed by atoms with E-state index in [1.807, 2.05) is 0 Å². The molecule has 0 spiro atoms. The maximum Gasteiger partial charge on any atom is 0.00703 e. The second kappa shape index (κ2) is 10.7. The summed E-state index contributed by atoms with van der Waals surface area (Å²) in [7, 11) is 0. The number of unbranched alkanes of at least 4 members (excludes halogenated alkanes) is 2. The molecule has 0 unspecified atom stereocenters. The van der Waals surface area contributed by atoms with Crippen molar-refractivity contribution in [3.63, 3.8) is 0 Å². The monoisotopic (exact) mass is 434 g/mol. The van der Waals surface area contributed by atoms with Gasteiger partial charge in [-0.3, -0.25) is 0 Å². The van der Waals surface area contributed by atoms with Gasteiger partial charge in [0.1, 0.15) is 0 Å². The summed E-state index contributed by atoms with van der Waals surface area (Å²) in [4.78, 5) is 0. The molecular formula is C20H36Br2. The summed E-state index contributed by atoms with van der Waals surface area (Å²) < 4.78 is 0. The van der Waals surface area contributed by atoms with Gasteiger partial charge < -0.3 is 0 Å². The Bertz CT molecular complexity index is 271. The van der Waals surface area contributed by atoms with Gasteiger partial charge >= 0.3 is 0 Å². The zero-order chi connectivity index (χ0) is 15.8. The highest BCUT2D eigenvalue weighted by molar-refractivity contribution is 9.09. The summed E-state index contributed by atoms with van der Waals surface area (Å²) in [6, 6.07) is 0. The van der Waals surface area contributed by atoms with E-state index >= 15 is 0 Å². The predicted octanol–water partition coefficient (Wildman–Crippen LogP) is 7.59. The van der Waals surface area contributed by atoms with Crippen LogP contribution in [0.15, 0.2) is 0 Å². The summed E-state index contributed by atoms with van der Waals surface area (Å²) in [5.74, 6) is 5.05. The van der Waals surface area contributed by atoms with Crippen molar-refractivity contribution in [1.82, 2.24) is 0 Å². The molecule has 0 nitrogen and oxygen atoms in total. The molecule has 2 aliphatic carbocycles. The van der Waals surface area contributed by atoms with Crippen molar-refractivity contribution in [2.75, 3.05) is 10.7 Å². The largest absolute Gasteiger partial charge is 0.0925 e. The van der Waals surface area contributed by atoms with Crippen molar-refractivity contribution in [3.05, 3.63) is 0 Å². The standard InChI is InChI=1S/C20H36Br2/c1-2-3-4-5-16-6-8-17(9-7-16)18-10-12-19(13-11-18)20(14-21)15-22/h16-20H,2-15H2,1H3. The number of hydrogen-bond donors (Lipinski definition) is 0. The molecule has 0 atom stereocenters. The van der Waals surface area contributed by atoms with Gasteiger partial charge in [-0.05, 0) is 68.1 Å². The molecule has 130 valence electrons. The van der Waals surface area contributed by atoms with E-state index in [9.17, 15) is 0 Å². The van der Waals surface area contributed by atoms with Gasteiger partial charge in [0.05, 0.1) is 0 Å². The number of alkyl halides is 2. The molecule has 0 amide bonds. The summed E-state index contributed by atoms with van der Waals surface area (Å²) >= 11 is 7.41. The average Bonchev–Trinajstić information content (AvgIpc) is 2.58. The van der Waals surface area contributed by atoms with Crippen LogP contribution >= 0.6 is 31.9 Å². The van der Waals surface area contributed by atoms with E-state index in [1.54, 1.807) is 25.7 Å². The highest BCUT2D eigenvalue weighted by atomic mass is 79.9. The van der Waals surface area contributed by atoms with Crippen LogP contribution < -0.4 is 0 Å². The SMILES string of the molecule is CCCCCC1CCC(C2CCC(C(CBr)CBr)CC2)CC1. The third kappa shape index (κ3) is 5.80. The molecule has 22 heavy (non-hydrogen) atoms. The first-order valence-electron chi connectivity index (χ1n) is 9.90. The molecule has 0 bridgehead atoms. The van der Waals surface area contributed by atoms with Gasteiger partial charge in [-0.1, -0.05) is 77.3 Å². The van der Waals surface area contributed by atoms with E-state index in [0.29, 0.717) is 0 Å². The molecule has 0 radical (unpaired) electrons. The summed E-state index contributed by atoms with van der Waals surface area (Å²) in [6.45, 7) is 2.32. The maximum absolute atomic E-state index is 3.71. The molecular weight excluding hydrogens is 400 g/mol. The van der Waals surface area contributed by atoms with Gasteiger partial charge in [-0.15, -0.1) is 0 Å². The minimum absolute atomic E-state index is 0.857. The topological polar surface area (TPSA) is 0 Å². The van der Waals surface area contributed by atoms with Gasteiger partial charge in [-0.25, -0.2) is 0 Å². The zero-order valence-corrected chi connectivity index (χ0v) is 17.7. The van der Waals surface area contributed by atoms with Crippen molar-refractivity contribution in [3.8, 4) is 0 Å². The Balaban J connectivity index is 1.66. The normalized spacial score (nSPS) is 33.3. The number of halogens is 2. The van der Waals surface area contributed by atoms with Crippen LogP contribution in [0.2, 0.25) is 0 Å². The molecule has 0 aliphatic heterocycles.